The summed E-state index contributed by atoms with van der Waals surface area (Å²) >= 11 is 7.88. The van der Waals surface area contributed by atoms with Crippen LogP contribution in [-0.4, -0.2) is 0 Å². The van der Waals surface area contributed by atoms with Gasteiger partial charge in [0.1, 0.15) is 0 Å². The molecule has 0 fully saturated rings. The summed E-state index contributed by atoms with van der Waals surface area (Å²) in [6.45, 7) is 0. The minimum Gasteiger partial charge on any atom is -0.105 e. The molecule has 4 heteroatoms. The van der Waals surface area contributed by atoms with Crippen molar-refractivity contribution in [2.75, 3.05) is 0 Å². The molecule has 0 saturated carbocycles. The first-order valence-corrected chi connectivity index (χ1v) is 11.3. The van der Waals surface area contributed by atoms with E-state index in [9.17, 15) is 0 Å². The number of hydrogen-bond donors (Lipinski definition) is 0. The molecule has 2 heterocycles. The van der Waals surface area contributed by atoms with Crippen molar-refractivity contribution in [3.05, 3.63) is 83.9 Å². The summed E-state index contributed by atoms with van der Waals surface area (Å²) in [7, 11) is 0. The van der Waals surface area contributed by atoms with E-state index in [0.717, 1.165) is 0 Å². The predicted octanol–water partition coefficient (Wildman–Crippen LogP) is 7.48. The minimum absolute atomic E-state index is 0.484. The normalized spacial score (nSPS) is 17.0. The molecule has 3 aromatic rings. The van der Waals surface area contributed by atoms with Crippen molar-refractivity contribution >= 4 is 47.0 Å². The molecule has 0 unspecified atom stereocenters. The number of thioether (sulfide) groups is 4. The Morgan fingerprint density at radius 3 is 1.00 bits per heavy atom. The lowest BCUT2D eigenvalue weighted by atomic mass is 10.2. The second kappa shape index (κ2) is 6.41. The van der Waals surface area contributed by atoms with Gasteiger partial charge in [0.15, 0.2) is 0 Å². The smallest absolute Gasteiger partial charge is 0.0846 e. The summed E-state index contributed by atoms with van der Waals surface area (Å²) in [5.74, 6) is 0. The Labute approximate surface area is 159 Å². The Balaban J connectivity index is 1.34. The van der Waals surface area contributed by atoms with Gasteiger partial charge in [0, 0.05) is 19.6 Å². The molecule has 2 aliphatic rings. The van der Waals surface area contributed by atoms with Crippen LogP contribution in [0.4, 0.5) is 0 Å². The van der Waals surface area contributed by atoms with Crippen LogP contribution in [-0.2, 0) is 0 Å². The van der Waals surface area contributed by atoms with Gasteiger partial charge in [-0.1, -0.05) is 48.5 Å². The highest BCUT2D eigenvalue weighted by molar-refractivity contribution is 8.19. The average Bonchev–Trinajstić information content (AvgIpc) is 3.25. The largest absolute Gasteiger partial charge is 0.105 e. The molecule has 0 saturated heterocycles. The van der Waals surface area contributed by atoms with Gasteiger partial charge in [-0.25, -0.2) is 0 Å². The highest BCUT2D eigenvalue weighted by atomic mass is 32.2. The van der Waals surface area contributed by atoms with E-state index in [1.807, 2.05) is 47.0 Å². The molecule has 24 heavy (non-hydrogen) atoms. The molecule has 3 aromatic carbocycles. The minimum atomic E-state index is 0.484. The van der Waals surface area contributed by atoms with Gasteiger partial charge < -0.3 is 0 Å². The fourth-order valence-corrected chi connectivity index (χ4v) is 8.55. The summed E-state index contributed by atoms with van der Waals surface area (Å²) in [6, 6.07) is 26.7. The summed E-state index contributed by atoms with van der Waals surface area (Å²) in [5.41, 5.74) is 2.82. The highest BCUT2D eigenvalue weighted by Crippen LogP contribution is 2.58. The summed E-state index contributed by atoms with van der Waals surface area (Å²) in [5, 5.41) is 0. The third-order valence-corrected chi connectivity index (χ3v) is 9.91. The van der Waals surface area contributed by atoms with E-state index in [1.54, 1.807) is 0 Å². The molecule has 0 N–H and O–H groups in total. The molecule has 0 aromatic heterocycles. The van der Waals surface area contributed by atoms with E-state index in [4.69, 9.17) is 0 Å². The van der Waals surface area contributed by atoms with E-state index in [1.165, 1.54) is 30.7 Å². The number of benzene rings is 3. The van der Waals surface area contributed by atoms with Crippen molar-refractivity contribution in [2.45, 2.75) is 28.7 Å². The van der Waals surface area contributed by atoms with E-state index >= 15 is 0 Å². The molecule has 0 atom stereocenters. The second-order valence-corrected chi connectivity index (χ2v) is 10.9. The van der Waals surface area contributed by atoms with Crippen LogP contribution in [0.15, 0.2) is 92.4 Å². The topological polar surface area (TPSA) is 0 Å². The predicted molar refractivity (Wildman–Crippen MR) is 108 cm³/mol. The number of rotatable bonds is 2. The van der Waals surface area contributed by atoms with Gasteiger partial charge in [0.25, 0.3) is 0 Å². The zero-order chi connectivity index (χ0) is 15.9. The monoisotopic (exact) mass is 382 g/mol. The molecule has 0 bridgehead atoms. The van der Waals surface area contributed by atoms with E-state index in [2.05, 4.69) is 72.8 Å². The zero-order valence-corrected chi connectivity index (χ0v) is 16.0. The molecular formula is C20H14S4. The molecule has 0 nitrogen and oxygen atoms in total. The first-order valence-electron chi connectivity index (χ1n) is 7.81. The van der Waals surface area contributed by atoms with Crippen LogP contribution in [0.1, 0.15) is 20.3 Å². The Kier molecular flexibility index (Phi) is 4.10. The maximum atomic E-state index is 2.32. The molecule has 0 amide bonds. The molecule has 0 aliphatic carbocycles. The van der Waals surface area contributed by atoms with Crippen LogP contribution in [0, 0.1) is 0 Å². The Morgan fingerprint density at radius 1 is 0.417 bits per heavy atom. The third kappa shape index (κ3) is 2.80. The average molecular weight is 383 g/mol. The van der Waals surface area contributed by atoms with Gasteiger partial charge in [-0.3, -0.25) is 0 Å². The van der Waals surface area contributed by atoms with Crippen LogP contribution < -0.4 is 0 Å². The van der Waals surface area contributed by atoms with Crippen molar-refractivity contribution in [1.29, 1.82) is 0 Å². The first kappa shape index (κ1) is 15.3. The summed E-state index contributed by atoms with van der Waals surface area (Å²) in [4.78, 5) is 5.64. The molecule has 2 aliphatic heterocycles. The van der Waals surface area contributed by atoms with Crippen LogP contribution in [0.2, 0.25) is 0 Å². The van der Waals surface area contributed by atoms with Gasteiger partial charge in [0.05, 0.1) is 9.16 Å². The molecular weight excluding hydrogens is 368 g/mol. The Hall–Kier alpha value is -0.940. The van der Waals surface area contributed by atoms with E-state index in [0.29, 0.717) is 9.16 Å². The maximum absolute atomic E-state index is 2.32. The second-order valence-electron chi connectivity index (χ2n) is 5.70. The zero-order valence-electron chi connectivity index (χ0n) is 12.7. The SMILES string of the molecule is c1ccc2c(c1)SC(c1ccc(C3Sc4ccccc4S3)cc1)S2. The van der Waals surface area contributed by atoms with Crippen LogP contribution in [0.3, 0.4) is 0 Å². The quantitative estimate of drug-likeness (QED) is 0.450. The first-order chi connectivity index (χ1) is 11.9. The van der Waals surface area contributed by atoms with Crippen molar-refractivity contribution in [3.8, 4) is 0 Å². The van der Waals surface area contributed by atoms with Gasteiger partial charge in [-0.05, 0) is 35.4 Å². The van der Waals surface area contributed by atoms with Crippen molar-refractivity contribution in [1.82, 2.24) is 0 Å². The lowest BCUT2D eigenvalue weighted by Gasteiger charge is -2.12. The molecule has 0 spiro atoms. The van der Waals surface area contributed by atoms with Crippen LogP contribution >= 0.6 is 47.0 Å². The third-order valence-electron chi connectivity index (χ3n) is 4.12. The van der Waals surface area contributed by atoms with Crippen molar-refractivity contribution in [2.24, 2.45) is 0 Å². The molecule has 0 radical (unpaired) electrons. The summed E-state index contributed by atoms with van der Waals surface area (Å²) in [6.07, 6.45) is 0. The summed E-state index contributed by atoms with van der Waals surface area (Å²) < 4.78 is 0.968. The standard InChI is InChI=1S/C20H14S4/c1-2-6-16-15(5-1)21-19(22-16)13-9-11-14(12-10-13)20-23-17-7-3-4-8-18(17)24-20/h1-12,19-20H. The van der Waals surface area contributed by atoms with Crippen LogP contribution in [0.5, 0.6) is 0 Å². The van der Waals surface area contributed by atoms with Gasteiger partial charge in [0.2, 0.25) is 0 Å². The van der Waals surface area contributed by atoms with Gasteiger partial charge in [-0.2, -0.15) is 0 Å². The fraction of sp³-hybridized carbons (Fsp3) is 0.100. The Morgan fingerprint density at radius 2 is 0.708 bits per heavy atom. The highest BCUT2D eigenvalue weighted by Gasteiger charge is 2.26. The van der Waals surface area contributed by atoms with Crippen molar-refractivity contribution < 1.29 is 0 Å². The van der Waals surface area contributed by atoms with E-state index in [-0.39, 0.29) is 0 Å². The van der Waals surface area contributed by atoms with E-state index < -0.39 is 0 Å². The van der Waals surface area contributed by atoms with Gasteiger partial charge in [-0.15, -0.1) is 47.0 Å². The lowest BCUT2D eigenvalue weighted by molar-refractivity contribution is 1.27. The fourth-order valence-electron chi connectivity index (χ4n) is 2.88. The van der Waals surface area contributed by atoms with Crippen LogP contribution in [0.25, 0.3) is 0 Å². The van der Waals surface area contributed by atoms with Crippen molar-refractivity contribution in [3.63, 3.8) is 0 Å². The van der Waals surface area contributed by atoms with Gasteiger partial charge >= 0.3 is 0 Å². The lowest BCUT2D eigenvalue weighted by Crippen LogP contribution is -1.88. The Bertz CT molecular complexity index is 764. The maximum Gasteiger partial charge on any atom is 0.0846 e. The molecule has 118 valence electrons. The number of fused-ring (bicyclic) bond motifs is 2. The number of hydrogen-bond acceptors (Lipinski definition) is 4. The molecule has 5 rings (SSSR count).